The average molecular weight is 304 g/mol. The summed E-state index contributed by atoms with van der Waals surface area (Å²) in [7, 11) is 1.87. The lowest BCUT2D eigenvalue weighted by atomic mass is 9.93. The number of hydrogen-bond acceptors (Lipinski definition) is 2. The van der Waals surface area contributed by atoms with Crippen LogP contribution >= 0.6 is 0 Å². The smallest absolute Gasteiger partial charge is 0.317 e. The highest BCUT2D eigenvalue weighted by atomic mass is 16.3. The predicted molar refractivity (Wildman–Crippen MR) is 88.8 cm³/mol. The summed E-state index contributed by atoms with van der Waals surface area (Å²) in [5, 5.41) is 12.7. The molecule has 0 saturated heterocycles. The number of aliphatic hydroxyl groups excluding tert-OH is 1. The van der Waals surface area contributed by atoms with Crippen molar-refractivity contribution in [3.8, 4) is 0 Å². The van der Waals surface area contributed by atoms with Gasteiger partial charge in [-0.05, 0) is 44.6 Å². The Morgan fingerprint density at radius 3 is 2.50 bits per heavy atom. The molecule has 2 rings (SSSR count). The highest BCUT2D eigenvalue weighted by Crippen LogP contribution is 2.34. The Morgan fingerprint density at radius 1 is 1.32 bits per heavy atom. The second-order valence-electron chi connectivity index (χ2n) is 6.57. The summed E-state index contributed by atoms with van der Waals surface area (Å²) in [4.78, 5) is 14.1. The van der Waals surface area contributed by atoms with E-state index in [0.717, 1.165) is 5.56 Å². The van der Waals surface area contributed by atoms with E-state index in [4.69, 9.17) is 0 Å². The number of benzene rings is 1. The molecule has 2 N–H and O–H groups in total. The van der Waals surface area contributed by atoms with Crippen molar-refractivity contribution < 1.29 is 9.90 Å². The zero-order valence-corrected chi connectivity index (χ0v) is 13.8. The minimum absolute atomic E-state index is 0.0223. The molecule has 0 bridgehead atoms. The lowest BCUT2D eigenvalue weighted by molar-refractivity contribution is 0.168. The molecule has 2 amide bonds. The van der Waals surface area contributed by atoms with Gasteiger partial charge in [-0.2, -0.15) is 0 Å². The predicted octanol–water partition coefficient (Wildman–Crippen LogP) is 2.98. The van der Waals surface area contributed by atoms with Crippen LogP contribution in [-0.4, -0.2) is 41.8 Å². The van der Waals surface area contributed by atoms with Crippen molar-refractivity contribution in [2.24, 2.45) is 5.92 Å². The molecule has 1 fully saturated rings. The first kappa shape index (κ1) is 16.8. The Morgan fingerprint density at radius 2 is 1.95 bits per heavy atom. The average Bonchev–Trinajstić information content (AvgIpc) is 3.35. The SMILES string of the molecule is CC(O)CC(CNC(=O)N(C)C(C)C1CC1)c1ccccc1. The Bertz CT molecular complexity index is 471. The molecule has 1 saturated carbocycles. The molecule has 1 aliphatic rings. The standard InChI is InChI=1S/C18H28N2O2/c1-13(21)11-17(16-7-5-4-6-8-16)12-19-18(22)20(3)14(2)15-9-10-15/h4-8,13-15,17,21H,9-12H2,1-3H3,(H,19,22). The number of carbonyl (C=O) groups excluding carboxylic acids is 1. The van der Waals surface area contributed by atoms with Crippen LogP contribution in [0.15, 0.2) is 30.3 Å². The lowest BCUT2D eigenvalue weighted by Gasteiger charge is -2.27. The number of urea groups is 1. The zero-order valence-electron chi connectivity index (χ0n) is 13.8. The van der Waals surface area contributed by atoms with Crippen LogP contribution in [0.25, 0.3) is 0 Å². The number of aliphatic hydroxyl groups is 1. The second-order valence-corrected chi connectivity index (χ2v) is 6.57. The van der Waals surface area contributed by atoms with Gasteiger partial charge >= 0.3 is 6.03 Å². The van der Waals surface area contributed by atoms with Crippen molar-refractivity contribution in [3.63, 3.8) is 0 Å². The number of nitrogens with one attached hydrogen (secondary N) is 1. The van der Waals surface area contributed by atoms with Gasteiger partial charge < -0.3 is 15.3 Å². The highest BCUT2D eigenvalue weighted by Gasteiger charge is 2.32. The summed E-state index contributed by atoms with van der Waals surface area (Å²) >= 11 is 0. The third kappa shape index (κ3) is 4.73. The Kier molecular flexibility index (Phi) is 5.83. The number of carbonyl (C=O) groups is 1. The van der Waals surface area contributed by atoms with E-state index < -0.39 is 0 Å². The van der Waals surface area contributed by atoms with Gasteiger partial charge in [-0.1, -0.05) is 30.3 Å². The largest absolute Gasteiger partial charge is 0.393 e. The van der Waals surface area contributed by atoms with Crippen LogP contribution in [-0.2, 0) is 0 Å². The Hall–Kier alpha value is -1.55. The molecule has 0 heterocycles. The third-order valence-corrected chi connectivity index (χ3v) is 4.63. The molecule has 0 aliphatic heterocycles. The Balaban J connectivity index is 1.91. The molecule has 1 aromatic carbocycles. The van der Waals surface area contributed by atoms with Gasteiger partial charge in [0.1, 0.15) is 0 Å². The van der Waals surface area contributed by atoms with E-state index in [1.165, 1.54) is 12.8 Å². The fourth-order valence-corrected chi connectivity index (χ4v) is 2.89. The molecule has 0 radical (unpaired) electrons. The van der Waals surface area contributed by atoms with Crippen molar-refractivity contribution in [1.82, 2.24) is 10.2 Å². The molecule has 1 aromatic rings. The summed E-state index contributed by atoms with van der Waals surface area (Å²) in [5.41, 5.74) is 1.15. The van der Waals surface area contributed by atoms with E-state index in [1.807, 2.05) is 30.1 Å². The van der Waals surface area contributed by atoms with Crippen molar-refractivity contribution in [2.45, 2.75) is 51.2 Å². The fraction of sp³-hybridized carbons (Fsp3) is 0.611. The maximum atomic E-state index is 12.3. The molecular weight excluding hydrogens is 276 g/mol. The van der Waals surface area contributed by atoms with Crippen LogP contribution in [0.2, 0.25) is 0 Å². The van der Waals surface area contributed by atoms with Crippen LogP contribution in [0.5, 0.6) is 0 Å². The van der Waals surface area contributed by atoms with Crippen molar-refractivity contribution in [1.29, 1.82) is 0 Å². The van der Waals surface area contributed by atoms with Crippen LogP contribution in [0.1, 0.15) is 44.6 Å². The van der Waals surface area contributed by atoms with Gasteiger partial charge in [0.05, 0.1) is 6.10 Å². The summed E-state index contributed by atoms with van der Waals surface area (Å²) in [6.07, 6.45) is 2.72. The molecule has 4 nitrogen and oxygen atoms in total. The van der Waals surface area contributed by atoms with E-state index in [-0.39, 0.29) is 18.1 Å². The van der Waals surface area contributed by atoms with Gasteiger partial charge in [0.2, 0.25) is 0 Å². The van der Waals surface area contributed by atoms with Gasteiger partial charge in [0.15, 0.2) is 0 Å². The maximum absolute atomic E-state index is 12.3. The van der Waals surface area contributed by atoms with Gasteiger partial charge in [-0.15, -0.1) is 0 Å². The monoisotopic (exact) mass is 304 g/mol. The Labute approximate surface area is 133 Å². The normalized spacial score (nSPS) is 18.4. The molecule has 0 spiro atoms. The van der Waals surface area contributed by atoms with E-state index in [0.29, 0.717) is 24.9 Å². The minimum Gasteiger partial charge on any atom is -0.393 e. The van der Waals surface area contributed by atoms with Crippen molar-refractivity contribution in [2.75, 3.05) is 13.6 Å². The summed E-state index contributed by atoms with van der Waals surface area (Å²) in [6, 6.07) is 10.3. The summed E-state index contributed by atoms with van der Waals surface area (Å²) in [6.45, 7) is 4.45. The van der Waals surface area contributed by atoms with Crippen LogP contribution in [0.3, 0.4) is 0 Å². The van der Waals surface area contributed by atoms with Crippen molar-refractivity contribution >= 4 is 6.03 Å². The number of hydrogen-bond donors (Lipinski definition) is 2. The summed E-state index contributed by atoms with van der Waals surface area (Å²) < 4.78 is 0. The first-order valence-corrected chi connectivity index (χ1v) is 8.22. The van der Waals surface area contributed by atoms with Gasteiger partial charge in [-0.25, -0.2) is 4.79 Å². The molecule has 4 heteroatoms. The topological polar surface area (TPSA) is 52.6 Å². The molecule has 3 atom stereocenters. The van der Waals surface area contributed by atoms with Crippen LogP contribution < -0.4 is 5.32 Å². The van der Waals surface area contributed by atoms with Gasteiger partial charge in [0.25, 0.3) is 0 Å². The quantitative estimate of drug-likeness (QED) is 0.813. The first-order valence-electron chi connectivity index (χ1n) is 8.22. The molecule has 0 aromatic heterocycles. The second kappa shape index (κ2) is 7.63. The first-order chi connectivity index (χ1) is 10.5. The fourth-order valence-electron chi connectivity index (χ4n) is 2.89. The minimum atomic E-state index is -0.384. The molecule has 122 valence electrons. The molecule has 22 heavy (non-hydrogen) atoms. The van der Waals surface area contributed by atoms with Crippen LogP contribution in [0.4, 0.5) is 4.79 Å². The van der Waals surface area contributed by atoms with Crippen LogP contribution in [0, 0.1) is 5.92 Å². The van der Waals surface area contributed by atoms with Gasteiger partial charge in [-0.3, -0.25) is 0 Å². The van der Waals surface area contributed by atoms with Crippen molar-refractivity contribution in [3.05, 3.63) is 35.9 Å². The molecule has 3 unspecified atom stereocenters. The number of amides is 2. The van der Waals surface area contributed by atoms with E-state index in [9.17, 15) is 9.90 Å². The highest BCUT2D eigenvalue weighted by molar-refractivity contribution is 5.74. The van der Waals surface area contributed by atoms with E-state index in [1.54, 1.807) is 6.92 Å². The zero-order chi connectivity index (χ0) is 16.1. The molecule has 1 aliphatic carbocycles. The van der Waals surface area contributed by atoms with E-state index >= 15 is 0 Å². The molecular formula is C18H28N2O2. The number of rotatable bonds is 7. The van der Waals surface area contributed by atoms with Gasteiger partial charge in [0, 0.05) is 25.6 Å². The third-order valence-electron chi connectivity index (χ3n) is 4.63. The van der Waals surface area contributed by atoms with E-state index in [2.05, 4.69) is 24.4 Å². The number of nitrogens with zero attached hydrogens (tertiary/aromatic N) is 1. The lowest BCUT2D eigenvalue weighted by Crippen LogP contribution is -2.44. The maximum Gasteiger partial charge on any atom is 0.317 e. The summed E-state index contributed by atoms with van der Waals surface area (Å²) in [5.74, 6) is 0.799.